The predicted octanol–water partition coefficient (Wildman–Crippen LogP) is 1.78. The average Bonchev–Trinajstić information content (AvgIpc) is 2.86. The molecule has 1 saturated heterocycles. The lowest BCUT2D eigenvalue weighted by Crippen LogP contribution is -2.31. The summed E-state index contributed by atoms with van der Waals surface area (Å²) in [5.41, 5.74) is 2.55. The average molecular weight is 377 g/mol. The van der Waals surface area contributed by atoms with Crippen LogP contribution in [0.4, 0.5) is 17.1 Å². The van der Waals surface area contributed by atoms with Gasteiger partial charge in [-0.1, -0.05) is 12.1 Å². The van der Waals surface area contributed by atoms with Crippen molar-refractivity contribution in [3.63, 3.8) is 0 Å². The van der Waals surface area contributed by atoms with Gasteiger partial charge in [0.1, 0.15) is 0 Å². The number of hydrogen-bond donors (Lipinski definition) is 3. The van der Waals surface area contributed by atoms with Gasteiger partial charge in [-0.3, -0.25) is 10.1 Å². The Hall–Kier alpha value is -2.65. The second kappa shape index (κ2) is 7.30. The summed E-state index contributed by atoms with van der Waals surface area (Å²) in [4.78, 5) is 10.2. The molecule has 0 unspecified atom stereocenters. The van der Waals surface area contributed by atoms with Gasteiger partial charge < -0.3 is 15.7 Å². The van der Waals surface area contributed by atoms with E-state index in [2.05, 4.69) is 10.6 Å². The van der Waals surface area contributed by atoms with Crippen LogP contribution in [0.25, 0.3) is 0 Å². The van der Waals surface area contributed by atoms with Crippen LogP contribution in [0, 0.1) is 10.1 Å². The molecule has 26 heavy (non-hydrogen) atoms. The standard InChI is InChI=1S/C17H19N3O5S/c21-17-11-26(24,25)10-16(17)19-14-5-3-13(4-6-14)18-9-12-1-7-15(8-2-12)20(22)23/h1-8,16-19,21H,9-11H2/t16-,17+/m1/s1. The summed E-state index contributed by atoms with van der Waals surface area (Å²) in [5, 5.41) is 26.7. The lowest BCUT2D eigenvalue weighted by Gasteiger charge is -2.16. The van der Waals surface area contributed by atoms with Gasteiger partial charge in [0.25, 0.3) is 5.69 Å². The molecule has 1 aliphatic rings. The molecular weight excluding hydrogens is 358 g/mol. The summed E-state index contributed by atoms with van der Waals surface area (Å²) in [6, 6.07) is 13.1. The number of benzene rings is 2. The number of aliphatic hydroxyl groups is 1. The van der Waals surface area contributed by atoms with Crippen LogP contribution in [-0.4, -0.2) is 42.1 Å². The van der Waals surface area contributed by atoms with E-state index in [0.717, 1.165) is 16.9 Å². The van der Waals surface area contributed by atoms with Crippen LogP contribution in [0.15, 0.2) is 48.5 Å². The molecule has 0 spiro atoms. The number of rotatable bonds is 6. The molecule has 3 rings (SSSR count). The number of nitro benzene ring substituents is 1. The highest BCUT2D eigenvalue weighted by Gasteiger charge is 2.36. The second-order valence-electron chi connectivity index (χ2n) is 6.25. The minimum Gasteiger partial charge on any atom is -0.390 e. The van der Waals surface area contributed by atoms with Gasteiger partial charge in [-0.2, -0.15) is 0 Å². The molecule has 2 aromatic rings. The third-order valence-corrected chi connectivity index (χ3v) is 5.92. The van der Waals surface area contributed by atoms with Crippen molar-refractivity contribution in [2.24, 2.45) is 0 Å². The molecule has 0 aromatic heterocycles. The summed E-state index contributed by atoms with van der Waals surface area (Å²) in [6.07, 6.45) is -0.903. The highest BCUT2D eigenvalue weighted by Crippen LogP contribution is 2.20. The molecule has 2 aromatic carbocycles. The smallest absolute Gasteiger partial charge is 0.269 e. The van der Waals surface area contributed by atoms with Crippen LogP contribution in [0.3, 0.4) is 0 Å². The Labute approximate surface area is 150 Å². The number of sulfone groups is 1. The maximum Gasteiger partial charge on any atom is 0.269 e. The summed E-state index contributed by atoms with van der Waals surface area (Å²) in [5.74, 6) is -0.284. The number of aliphatic hydroxyl groups excluding tert-OH is 1. The Morgan fingerprint density at radius 3 is 2.19 bits per heavy atom. The molecule has 0 radical (unpaired) electrons. The molecule has 0 bridgehead atoms. The van der Waals surface area contributed by atoms with E-state index >= 15 is 0 Å². The fraction of sp³-hybridized carbons (Fsp3) is 0.294. The van der Waals surface area contributed by atoms with Crippen LogP contribution < -0.4 is 10.6 Å². The number of nitro groups is 1. The predicted molar refractivity (Wildman–Crippen MR) is 98.9 cm³/mol. The van der Waals surface area contributed by atoms with Crippen molar-refractivity contribution in [1.82, 2.24) is 0 Å². The van der Waals surface area contributed by atoms with Gasteiger partial charge in [0, 0.05) is 30.1 Å². The molecule has 8 nitrogen and oxygen atoms in total. The fourth-order valence-electron chi connectivity index (χ4n) is 2.80. The van der Waals surface area contributed by atoms with E-state index in [1.54, 1.807) is 24.3 Å². The zero-order valence-electron chi connectivity index (χ0n) is 13.8. The molecule has 3 N–H and O–H groups in total. The normalized spacial score (nSPS) is 21.3. The number of anilines is 2. The van der Waals surface area contributed by atoms with Gasteiger partial charge in [0.2, 0.25) is 0 Å². The molecule has 1 aliphatic heterocycles. The Bertz CT molecular complexity index is 882. The van der Waals surface area contributed by atoms with Gasteiger partial charge in [-0.15, -0.1) is 0 Å². The zero-order valence-corrected chi connectivity index (χ0v) is 14.6. The molecular formula is C17H19N3O5S. The maximum absolute atomic E-state index is 11.5. The monoisotopic (exact) mass is 377 g/mol. The lowest BCUT2D eigenvalue weighted by molar-refractivity contribution is -0.384. The van der Waals surface area contributed by atoms with Gasteiger partial charge in [0.05, 0.1) is 28.6 Å². The van der Waals surface area contributed by atoms with Crippen LogP contribution >= 0.6 is 0 Å². The van der Waals surface area contributed by atoms with E-state index < -0.39 is 26.9 Å². The van der Waals surface area contributed by atoms with Crippen molar-refractivity contribution in [3.05, 3.63) is 64.2 Å². The molecule has 138 valence electrons. The van der Waals surface area contributed by atoms with E-state index in [0.29, 0.717) is 6.54 Å². The van der Waals surface area contributed by atoms with Crippen molar-refractivity contribution in [2.75, 3.05) is 22.1 Å². The largest absolute Gasteiger partial charge is 0.390 e. The highest BCUT2D eigenvalue weighted by molar-refractivity contribution is 7.91. The second-order valence-corrected chi connectivity index (χ2v) is 8.40. The van der Waals surface area contributed by atoms with Crippen LogP contribution in [-0.2, 0) is 16.4 Å². The van der Waals surface area contributed by atoms with Crippen molar-refractivity contribution in [3.8, 4) is 0 Å². The van der Waals surface area contributed by atoms with E-state index in [-0.39, 0.29) is 17.2 Å². The summed E-state index contributed by atoms with van der Waals surface area (Å²) < 4.78 is 23.1. The Morgan fingerprint density at radius 1 is 1.04 bits per heavy atom. The number of nitrogens with one attached hydrogen (secondary N) is 2. The lowest BCUT2D eigenvalue weighted by atomic mass is 10.2. The topological polar surface area (TPSA) is 122 Å². The van der Waals surface area contributed by atoms with Crippen molar-refractivity contribution in [2.45, 2.75) is 18.7 Å². The minimum absolute atomic E-state index is 0.0558. The first-order valence-corrected chi connectivity index (χ1v) is 9.87. The Kier molecular flexibility index (Phi) is 5.10. The summed E-state index contributed by atoms with van der Waals surface area (Å²) >= 11 is 0. The molecule has 9 heteroatoms. The van der Waals surface area contributed by atoms with Gasteiger partial charge in [0.15, 0.2) is 9.84 Å². The third-order valence-electron chi connectivity index (χ3n) is 4.20. The Morgan fingerprint density at radius 2 is 1.65 bits per heavy atom. The number of nitrogens with zero attached hydrogens (tertiary/aromatic N) is 1. The third kappa shape index (κ3) is 4.50. The van der Waals surface area contributed by atoms with Crippen LogP contribution in [0.5, 0.6) is 0 Å². The SMILES string of the molecule is O=[N+]([O-])c1ccc(CNc2ccc(N[C@@H]3CS(=O)(=O)C[C@@H]3O)cc2)cc1. The van der Waals surface area contributed by atoms with E-state index in [4.69, 9.17) is 0 Å². The van der Waals surface area contributed by atoms with E-state index in [9.17, 15) is 23.6 Å². The first kappa shape index (κ1) is 18.2. The zero-order chi connectivity index (χ0) is 18.7. The fourth-order valence-corrected chi connectivity index (χ4v) is 4.55. The molecule has 0 amide bonds. The summed E-state index contributed by atoms with van der Waals surface area (Å²) in [7, 11) is -3.19. The number of non-ortho nitro benzene ring substituents is 1. The number of hydrogen-bond acceptors (Lipinski definition) is 7. The van der Waals surface area contributed by atoms with Crippen LogP contribution in [0.2, 0.25) is 0 Å². The van der Waals surface area contributed by atoms with Crippen LogP contribution in [0.1, 0.15) is 5.56 Å². The molecule has 1 heterocycles. The van der Waals surface area contributed by atoms with Gasteiger partial charge >= 0.3 is 0 Å². The minimum atomic E-state index is -3.19. The van der Waals surface area contributed by atoms with Crippen molar-refractivity contribution >= 4 is 26.9 Å². The quantitative estimate of drug-likeness (QED) is 0.518. The molecule has 2 atom stereocenters. The first-order valence-electron chi connectivity index (χ1n) is 8.05. The molecule has 0 saturated carbocycles. The van der Waals surface area contributed by atoms with Crippen molar-refractivity contribution in [1.29, 1.82) is 0 Å². The van der Waals surface area contributed by atoms with E-state index in [1.165, 1.54) is 12.1 Å². The molecule has 1 fully saturated rings. The van der Waals surface area contributed by atoms with Gasteiger partial charge in [-0.05, 0) is 29.8 Å². The Balaban J connectivity index is 1.55. The first-order chi connectivity index (χ1) is 12.3. The summed E-state index contributed by atoms with van der Waals surface area (Å²) in [6.45, 7) is 0.518. The molecule has 0 aliphatic carbocycles. The highest BCUT2D eigenvalue weighted by atomic mass is 32.2. The maximum atomic E-state index is 11.5. The van der Waals surface area contributed by atoms with Gasteiger partial charge in [-0.25, -0.2) is 8.42 Å². The van der Waals surface area contributed by atoms with E-state index in [1.807, 2.05) is 12.1 Å². The van der Waals surface area contributed by atoms with Crippen molar-refractivity contribution < 1.29 is 18.4 Å².